The van der Waals surface area contributed by atoms with Crippen LogP contribution in [0.25, 0.3) is 0 Å². The SMILES string of the molecule is CCNC(=NCCCN1CCN(c2ccc(OC)cc2)CC1)NC1CC2CCC1O2.I. The van der Waals surface area contributed by atoms with E-state index in [1.54, 1.807) is 7.11 Å². The van der Waals surface area contributed by atoms with Gasteiger partial charge in [-0.2, -0.15) is 0 Å². The van der Waals surface area contributed by atoms with Crippen molar-refractivity contribution in [1.29, 1.82) is 0 Å². The molecule has 2 N–H and O–H groups in total. The highest BCUT2D eigenvalue weighted by molar-refractivity contribution is 14.0. The predicted molar refractivity (Wildman–Crippen MR) is 137 cm³/mol. The van der Waals surface area contributed by atoms with Crippen LogP contribution in [-0.2, 0) is 4.74 Å². The zero-order valence-electron chi connectivity index (χ0n) is 18.9. The van der Waals surface area contributed by atoms with Crippen LogP contribution < -0.4 is 20.3 Å². The third-order valence-corrected chi connectivity index (χ3v) is 6.48. The van der Waals surface area contributed by atoms with Crippen molar-refractivity contribution in [3.8, 4) is 5.75 Å². The molecule has 1 aromatic rings. The Hall–Kier alpha value is -1.26. The Morgan fingerprint density at radius 1 is 1.16 bits per heavy atom. The van der Waals surface area contributed by atoms with Crippen molar-refractivity contribution in [2.24, 2.45) is 4.99 Å². The van der Waals surface area contributed by atoms with Gasteiger partial charge in [0.15, 0.2) is 5.96 Å². The molecule has 0 amide bonds. The smallest absolute Gasteiger partial charge is 0.191 e. The number of nitrogens with zero attached hydrogens (tertiary/aromatic N) is 3. The fourth-order valence-electron chi connectivity index (χ4n) is 4.79. The van der Waals surface area contributed by atoms with E-state index in [-0.39, 0.29) is 24.0 Å². The van der Waals surface area contributed by atoms with Gasteiger partial charge < -0.3 is 25.0 Å². The van der Waals surface area contributed by atoms with E-state index in [4.69, 9.17) is 14.5 Å². The number of halogens is 1. The summed E-state index contributed by atoms with van der Waals surface area (Å²) in [4.78, 5) is 9.83. The van der Waals surface area contributed by atoms with Crippen LogP contribution in [0.2, 0.25) is 0 Å². The van der Waals surface area contributed by atoms with Crippen LogP contribution in [0.4, 0.5) is 5.69 Å². The molecule has 3 fully saturated rings. The number of nitrogens with one attached hydrogen (secondary N) is 2. The zero-order valence-corrected chi connectivity index (χ0v) is 21.2. The van der Waals surface area contributed by atoms with Gasteiger partial charge in [0.1, 0.15) is 5.75 Å². The highest BCUT2D eigenvalue weighted by Gasteiger charge is 2.41. The van der Waals surface area contributed by atoms with Gasteiger partial charge in [-0.15, -0.1) is 24.0 Å². The van der Waals surface area contributed by atoms with E-state index < -0.39 is 0 Å². The summed E-state index contributed by atoms with van der Waals surface area (Å²) in [7, 11) is 1.71. The van der Waals surface area contributed by atoms with Crippen molar-refractivity contribution in [3.05, 3.63) is 24.3 Å². The Morgan fingerprint density at radius 2 is 1.94 bits per heavy atom. The largest absolute Gasteiger partial charge is 0.497 e. The highest BCUT2D eigenvalue weighted by atomic mass is 127. The molecule has 3 unspecified atom stereocenters. The fourth-order valence-corrected chi connectivity index (χ4v) is 4.79. The van der Waals surface area contributed by atoms with Crippen LogP contribution in [0.15, 0.2) is 29.3 Å². The third-order valence-electron chi connectivity index (χ3n) is 6.48. The molecule has 0 aromatic heterocycles. The van der Waals surface area contributed by atoms with E-state index in [0.717, 1.165) is 70.4 Å². The first-order valence-electron chi connectivity index (χ1n) is 11.6. The van der Waals surface area contributed by atoms with E-state index in [9.17, 15) is 0 Å². The number of aliphatic imine (C=N–C) groups is 1. The van der Waals surface area contributed by atoms with Gasteiger partial charge in [0.25, 0.3) is 0 Å². The van der Waals surface area contributed by atoms with Crippen molar-refractivity contribution < 1.29 is 9.47 Å². The molecule has 0 saturated carbocycles. The molecule has 7 nitrogen and oxygen atoms in total. The molecule has 2 bridgehead atoms. The molecule has 3 saturated heterocycles. The molecule has 0 radical (unpaired) electrons. The Labute approximate surface area is 204 Å². The molecule has 3 heterocycles. The average molecular weight is 543 g/mol. The van der Waals surface area contributed by atoms with Crippen LogP contribution in [0.1, 0.15) is 32.6 Å². The molecular weight excluding hydrogens is 505 g/mol. The number of fused-ring (bicyclic) bond motifs is 2. The van der Waals surface area contributed by atoms with E-state index in [0.29, 0.717) is 18.2 Å². The minimum atomic E-state index is 0. The van der Waals surface area contributed by atoms with Gasteiger partial charge in [-0.05, 0) is 56.9 Å². The van der Waals surface area contributed by atoms with Crippen LogP contribution >= 0.6 is 24.0 Å². The van der Waals surface area contributed by atoms with Gasteiger partial charge in [-0.25, -0.2) is 0 Å². The van der Waals surface area contributed by atoms with E-state index in [2.05, 4.69) is 39.5 Å². The van der Waals surface area contributed by atoms with E-state index in [1.807, 2.05) is 12.1 Å². The topological polar surface area (TPSA) is 61.4 Å². The van der Waals surface area contributed by atoms with Crippen LogP contribution in [0.3, 0.4) is 0 Å². The summed E-state index contributed by atoms with van der Waals surface area (Å²) in [6.07, 6.45) is 5.46. The molecule has 3 aliphatic heterocycles. The first-order chi connectivity index (χ1) is 14.7. The first-order valence-corrected chi connectivity index (χ1v) is 11.6. The summed E-state index contributed by atoms with van der Waals surface area (Å²) in [5, 5.41) is 7.00. The second kappa shape index (κ2) is 12.1. The molecule has 31 heavy (non-hydrogen) atoms. The van der Waals surface area contributed by atoms with Crippen LogP contribution in [-0.4, -0.2) is 82.0 Å². The predicted octanol–water partition coefficient (Wildman–Crippen LogP) is 2.70. The minimum Gasteiger partial charge on any atom is -0.497 e. The van der Waals surface area contributed by atoms with Crippen LogP contribution in [0, 0.1) is 0 Å². The summed E-state index contributed by atoms with van der Waals surface area (Å²) < 4.78 is 11.2. The fraction of sp³-hybridized carbons (Fsp3) is 0.696. The Balaban J connectivity index is 0.00000272. The van der Waals surface area contributed by atoms with Gasteiger partial charge in [0, 0.05) is 51.5 Å². The molecule has 1 aromatic carbocycles. The lowest BCUT2D eigenvalue weighted by molar-refractivity contribution is 0.0992. The minimum absolute atomic E-state index is 0. The number of piperazine rings is 1. The highest BCUT2D eigenvalue weighted by Crippen LogP contribution is 2.34. The molecular formula is C23H38IN5O2. The maximum absolute atomic E-state index is 5.96. The standard InChI is InChI=1S/C23H37N5O2.HI/c1-3-24-23(26-21-17-20-9-10-22(21)30-20)25-11-4-12-27-13-15-28(16-14-27)18-5-7-19(29-2)8-6-18;/h5-8,20-22H,3-4,9-17H2,1-2H3,(H2,24,25,26);1H. The lowest BCUT2D eigenvalue weighted by Gasteiger charge is -2.36. The Bertz CT molecular complexity index is 694. The zero-order chi connectivity index (χ0) is 20.8. The lowest BCUT2D eigenvalue weighted by atomic mass is 9.96. The van der Waals surface area contributed by atoms with Crippen LogP contribution in [0.5, 0.6) is 5.75 Å². The molecule has 8 heteroatoms. The number of anilines is 1. The van der Waals surface area contributed by atoms with Crippen molar-refractivity contribution in [1.82, 2.24) is 15.5 Å². The number of rotatable bonds is 8. The molecule has 0 spiro atoms. The lowest BCUT2D eigenvalue weighted by Crippen LogP contribution is -2.47. The van der Waals surface area contributed by atoms with Crippen molar-refractivity contribution >= 4 is 35.6 Å². The Kier molecular flexibility index (Phi) is 9.52. The normalized spacial score (nSPS) is 25.9. The maximum Gasteiger partial charge on any atom is 0.191 e. The number of hydrogen-bond donors (Lipinski definition) is 2. The summed E-state index contributed by atoms with van der Waals surface area (Å²) in [6.45, 7) is 9.34. The number of hydrogen-bond acceptors (Lipinski definition) is 5. The second-order valence-electron chi connectivity index (χ2n) is 8.50. The summed E-state index contributed by atoms with van der Waals surface area (Å²) in [5.41, 5.74) is 1.28. The average Bonchev–Trinajstić information content (AvgIpc) is 3.41. The van der Waals surface area contributed by atoms with Gasteiger partial charge >= 0.3 is 0 Å². The quantitative estimate of drug-likeness (QED) is 0.228. The third kappa shape index (κ3) is 6.61. The molecule has 4 rings (SSSR count). The van der Waals surface area contributed by atoms with Crippen molar-refractivity contribution in [2.75, 3.05) is 57.8 Å². The number of benzene rings is 1. The maximum atomic E-state index is 5.96. The molecule has 3 atom stereocenters. The number of ether oxygens (including phenoxy) is 2. The van der Waals surface area contributed by atoms with Crippen molar-refractivity contribution in [3.63, 3.8) is 0 Å². The second-order valence-corrected chi connectivity index (χ2v) is 8.50. The first kappa shape index (κ1) is 24.4. The molecule has 3 aliphatic rings. The van der Waals surface area contributed by atoms with Gasteiger partial charge in [-0.3, -0.25) is 9.89 Å². The Morgan fingerprint density at radius 3 is 2.55 bits per heavy atom. The molecule has 174 valence electrons. The summed E-state index contributed by atoms with van der Waals surface area (Å²) in [5.74, 6) is 1.86. The summed E-state index contributed by atoms with van der Waals surface area (Å²) in [6, 6.07) is 8.81. The van der Waals surface area contributed by atoms with Gasteiger partial charge in [0.2, 0.25) is 0 Å². The monoisotopic (exact) mass is 543 g/mol. The summed E-state index contributed by atoms with van der Waals surface area (Å²) >= 11 is 0. The number of methoxy groups -OCH3 is 1. The van der Waals surface area contributed by atoms with E-state index >= 15 is 0 Å². The number of guanidine groups is 1. The molecule has 0 aliphatic carbocycles. The van der Waals surface area contributed by atoms with Crippen molar-refractivity contribution in [2.45, 2.75) is 50.9 Å². The van der Waals surface area contributed by atoms with E-state index in [1.165, 1.54) is 18.5 Å². The van der Waals surface area contributed by atoms with Gasteiger partial charge in [0.05, 0.1) is 25.4 Å². The van der Waals surface area contributed by atoms with Gasteiger partial charge in [-0.1, -0.05) is 0 Å².